The average molecular weight is 409 g/mol. The van der Waals surface area contributed by atoms with E-state index in [-0.39, 0.29) is 0 Å². The number of pyridine rings is 2. The van der Waals surface area contributed by atoms with E-state index in [1.807, 2.05) is 24.5 Å². The highest BCUT2D eigenvalue weighted by Gasteiger charge is 2.34. The number of nitrogens with one attached hydrogen (secondary N) is 1. The lowest BCUT2D eigenvalue weighted by atomic mass is 9.89. The molecule has 0 aliphatic carbocycles. The third-order valence-corrected chi connectivity index (χ3v) is 6.68. The zero-order valence-corrected chi connectivity index (χ0v) is 18.5. The molecule has 0 bridgehead atoms. The summed E-state index contributed by atoms with van der Waals surface area (Å²) in [6.07, 6.45) is 11.5. The Morgan fingerprint density at radius 2 is 1.60 bits per heavy atom. The molecule has 0 amide bonds. The minimum atomic E-state index is 0.346. The highest BCUT2D eigenvalue weighted by molar-refractivity contribution is 5.26. The van der Waals surface area contributed by atoms with Crippen molar-refractivity contribution in [1.29, 1.82) is 0 Å². The van der Waals surface area contributed by atoms with Gasteiger partial charge in [-0.15, -0.1) is 0 Å². The third kappa shape index (κ3) is 5.08. The molecule has 4 rings (SSSR count). The van der Waals surface area contributed by atoms with Crippen LogP contribution in [0.2, 0.25) is 0 Å². The molecule has 2 aromatic rings. The molecule has 30 heavy (non-hydrogen) atoms. The summed E-state index contributed by atoms with van der Waals surface area (Å²) >= 11 is 0. The summed E-state index contributed by atoms with van der Waals surface area (Å²) < 4.78 is 5.89. The Morgan fingerprint density at radius 3 is 2.17 bits per heavy atom. The van der Waals surface area contributed by atoms with E-state index in [9.17, 15) is 0 Å². The van der Waals surface area contributed by atoms with Crippen molar-refractivity contribution in [2.75, 3.05) is 26.2 Å². The molecule has 0 aromatic carbocycles. The largest absolute Gasteiger partial charge is 0.377 e. The summed E-state index contributed by atoms with van der Waals surface area (Å²) in [5.41, 5.74) is 5.03. The summed E-state index contributed by atoms with van der Waals surface area (Å²) in [4.78, 5) is 12.3. The van der Waals surface area contributed by atoms with Crippen LogP contribution in [-0.4, -0.2) is 47.2 Å². The van der Waals surface area contributed by atoms with Crippen LogP contribution < -0.4 is 5.32 Å². The normalized spacial score (nSPS) is 25.3. The quantitative estimate of drug-likeness (QED) is 0.683. The van der Waals surface area contributed by atoms with Crippen LogP contribution in [0.15, 0.2) is 36.7 Å². The molecule has 5 heteroatoms. The van der Waals surface area contributed by atoms with Crippen LogP contribution in [-0.2, 0) is 4.74 Å². The Hall–Kier alpha value is -1.82. The molecule has 0 radical (unpaired) electrons. The second kappa shape index (κ2) is 10.5. The van der Waals surface area contributed by atoms with Gasteiger partial charge in [0.2, 0.25) is 0 Å². The van der Waals surface area contributed by atoms with Gasteiger partial charge in [-0.05, 0) is 75.6 Å². The number of hydrogen-bond acceptors (Lipinski definition) is 5. The highest BCUT2D eigenvalue weighted by atomic mass is 16.5. The van der Waals surface area contributed by atoms with Crippen LogP contribution in [0.5, 0.6) is 0 Å². The SMILES string of the molecule is Cc1cccnc1C1CCCC(c2ncccc2C)N1CCNCC1CCCCO1. The molecule has 2 saturated heterocycles. The van der Waals surface area contributed by atoms with E-state index in [0.29, 0.717) is 18.2 Å². The van der Waals surface area contributed by atoms with Gasteiger partial charge in [0.25, 0.3) is 0 Å². The highest BCUT2D eigenvalue weighted by Crippen LogP contribution is 2.41. The van der Waals surface area contributed by atoms with Gasteiger partial charge in [0, 0.05) is 38.6 Å². The van der Waals surface area contributed by atoms with E-state index in [0.717, 1.165) is 39.1 Å². The molecule has 2 aromatic heterocycles. The van der Waals surface area contributed by atoms with E-state index in [2.05, 4.69) is 36.2 Å². The first kappa shape index (κ1) is 21.4. The van der Waals surface area contributed by atoms with Gasteiger partial charge in [-0.25, -0.2) is 0 Å². The first-order chi connectivity index (χ1) is 14.7. The van der Waals surface area contributed by atoms with Gasteiger partial charge in [0.15, 0.2) is 0 Å². The van der Waals surface area contributed by atoms with E-state index in [1.54, 1.807) is 0 Å². The van der Waals surface area contributed by atoms with Crippen molar-refractivity contribution in [2.24, 2.45) is 0 Å². The molecular formula is C25H36N4O. The Kier molecular flexibility index (Phi) is 7.47. The molecule has 0 saturated carbocycles. The minimum Gasteiger partial charge on any atom is -0.377 e. The van der Waals surface area contributed by atoms with Crippen LogP contribution in [0.3, 0.4) is 0 Å². The van der Waals surface area contributed by atoms with Crippen molar-refractivity contribution >= 4 is 0 Å². The van der Waals surface area contributed by atoms with Gasteiger partial charge in [0.1, 0.15) is 0 Å². The maximum absolute atomic E-state index is 5.89. The molecule has 3 unspecified atom stereocenters. The van der Waals surface area contributed by atoms with Gasteiger partial charge in [0.05, 0.1) is 29.6 Å². The van der Waals surface area contributed by atoms with Crippen molar-refractivity contribution in [3.05, 3.63) is 59.2 Å². The minimum absolute atomic E-state index is 0.346. The number of hydrogen-bond donors (Lipinski definition) is 1. The Balaban J connectivity index is 1.50. The fourth-order valence-electron chi connectivity index (χ4n) is 5.09. The second-order valence-electron chi connectivity index (χ2n) is 8.80. The van der Waals surface area contributed by atoms with Crippen molar-refractivity contribution < 1.29 is 4.74 Å². The summed E-state index contributed by atoms with van der Waals surface area (Å²) in [7, 11) is 0. The number of rotatable bonds is 7. The Morgan fingerprint density at radius 1 is 0.933 bits per heavy atom. The fourth-order valence-corrected chi connectivity index (χ4v) is 5.09. The molecule has 5 nitrogen and oxygen atoms in total. The monoisotopic (exact) mass is 408 g/mol. The van der Waals surface area contributed by atoms with Crippen molar-refractivity contribution in [1.82, 2.24) is 20.2 Å². The third-order valence-electron chi connectivity index (χ3n) is 6.68. The molecule has 2 aliphatic rings. The molecule has 1 N–H and O–H groups in total. The lowest BCUT2D eigenvalue weighted by Gasteiger charge is -2.42. The average Bonchev–Trinajstić information content (AvgIpc) is 2.78. The first-order valence-corrected chi connectivity index (χ1v) is 11.6. The number of nitrogens with zero attached hydrogens (tertiary/aromatic N) is 3. The molecule has 0 spiro atoms. The predicted octanol–water partition coefficient (Wildman–Crippen LogP) is 4.52. The number of ether oxygens (including phenoxy) is 1. The molecule has 3 atom stereocenters. The molecule has 2 fully saturated rings. The van der Waals surface area contributed by atoms with E-state index in [1.165, 1.54) is 48.2 Å². The maximum Gasteiger partial charge on any atom is 0.0699 e. The second-order valence-corrected chi connectivity index (χ2v) is 8.80. The molecule has 2 aliphatic heterocycles. The van der Waals surface area contributed by atoms with Crippen LogP contribution in [0.1, 0.15) is 73.1 Å². The topological polar surface area (TPSA) is 50.3 Å². The fraction of sp³-hybridized carbons (Fsp3) is 0.600. The molecule has 162 valence electrons. The summed E-state index contributed by atoms with van der Waals surface area (Å²) in [5, 5.41) is 3.67. The van der Waals surface area contributed by atoms with Gasteiger partial charge in [-0.3, -0.25) is 14.9 Å². The van der Waals surface area contributed by atoms with Gasteiger partial charge in [-0.2, -0.15) is 0 Å². The van der Waals surface area contributed by atoms with Crippen LogP contribution in [0.25, 0.3) is 0 Å². The standard InChI is InChI=1S/C25H36N4O/c1-19-8-6-13-27-24(19)22-11-5-12-23(25-20(2)9-7-14-28-25)29(22)16-15-26-18-21-10-3-4-17-30-21/h6-9,13-14,21-23,26H,3-5,10-12,15-18H2,1-2H3. The summed E-state index contributed by atoms with van der Waals surface area (Å²) in [6, 6.07) is 9.15. The number of likely N-dealkylation sites (tertiary alicyclic amines) is 1. The van der Waals surface area contributed by atoms with E-state index < -0.39 is 0 Å². The van der Waals surface area contributed by atoms with E-state index >= 15 is 0 Å². The van der Waals surface area contributed by atoms with Crippen molar-refractivity contribution in [2.45, 2.75) is 70.6 Å². The number of aryl methyl sites for hydroxylation is 2. The molecule has 4 heterocycles. The lowest BCUT2D eigenvalue weighted by Crippen LogP contribution is -2.43. The lowest BCUT2D eigenvalue weighted by molar-refractivity contribution is 0.0155. The Bertz CT molecular complexity index is 752. The number of aromatic nitrogens is 2. The maximum atomic E-state index is 5.89. The van der Waals surface area contributed by atoms with Crippen LogP contribution in [0.4, 0.5) is 0 Å². The van der Waals surface area contributed by atoms with Crippen molar-refractivity contribution in [3.8, 4) is 0 Å². The zero-order chi connectivity index (χ0) is 20.8. The van der Waals surface area contributed by atoms with Crippen LogP contribution in [0, 0.1) is 13.8 Å². The summed E-state index contributed by atoms with van der Waals surface area (Å²) in [5.74, 6) is 0. The summed E-state index contributed by atoms with van der Waals surface area (Å²) in [6.45, 7) is 8.21. The zero-order valence-electron chi connectivity index (χ0n) is 18.5. The van der Waals surface area contributed by atoms with Crippen molar-refractivity contribution in [3.63, 3.8) is 0 Å². The van der Waals surface area contributed by atoms with E-state index in [4.69, 9.17) is 14.7 Å². The van der Waals surface area contributed by atoms with Gasteiger partial charge >= 0.3 is 0 Å². The predicted molar refractivity (Wildman–Crippen MR) is 120 cm³/mol. The number of piperidine rings is 1. The van der Waals surface area contributed by atoms with Gasteiger partial charge < -0.3 is 10.1 Å². The first-order valence-electron chi connectivity index (χ1n) is 11.6. The van der Waals surface area contributed by atoms with Crippen LogP contribution >= 0.6 is 0 Å². The van der Waals surface area contributed by atoms with Gasteiger partial charge in [-0.1, -0.05) is 12.1 Å². The Labute approximate surface area is 181 Å². The smallest absolute Gasteiger partial charge is 0.0699 e. The molecular weight excluding hydrogens is 372 g/mol.